The summed E-state index contributed by atoms with van der Waals surface area (Å²) >= 11 is 0. The van der Waals surface area contributed by atoms with E-state index in [1.807, 2.05) is 0 Å². The zero-order valence-electron chi connectivity index (χ0n) is 60.1. The van der Waals surface area contributed by atoms with Crippen LogP contribution in [-0.2, 0) is 61.2 Å². The van der Waals surface area contributed by atoms with Crippen LogP contribution in [0, 0.1) is 0 Å². The molecule has 98 heavy (non-hydrogen) atoms. The number of hydrogen-bond donors (Lipinski definition) is 11. The van der Waals surface area contributed by atoms with Crippen molar-refractivity contribution in [3.05, 3.63) is 12.2 Å². The second-order valence-corrected chi connectivity index (χ2v) is 29.1. The Balaban J connectivity index is 1.73. The van der Waals surface area contributed by atoms with Gasteiger partial charge in [-0.05, 0) is 44.9 Å². The molecular weight excluding hydrogens is 1290 g/mol. The van der Waals surface area contributed by atoms with Gasteiger partial charge in [-0.15, -0.1) is 0 Å². The summed E-state index contributed by atoms with van der Waals surface area (Å²) in [4.78, 5) is 51.0. The standard InChI is InChI=1S/C73H135O24P/c1-4-7-10-13-16-19-22-25-28-31-34-37-40-43-46-49-59(77)92-54(51-89-57(75)47-44-41-38-35-32-29-26-23-20-17-14-11-8-5-2)52-91-98(87,88)97-71-69(95-72-67(85)62(80)60(78)55(50-74)93-72)65(83)64(82)66(84)70(71)96-73-68(86)63(81)61(79)56(94-73)53-90-58(76)48-45-42-39-36-33-30-27-24-21-18-15-12-9-6-3/h29,32,54-56,60-74,78-86H,4-28,30-31,33-53H2,1-3H3,(H,87,88)/b32-29-. The van der Waals surface area contributed by atoms with Crippen LogP contribution in [0.4, 0.5) is 0 Å². The second kappa shape index (κ2) is 55.2. The summed E-state index contributed by atoms with van der Waals surface area (Å²) in [6, 6.07) is 0. The SMILES string of the molecule is CCCCCCCCC/C=C\CCCCCC(=O)OCC(COP(=O)(O)OC1C(OC2OC(CO)C(O)C(O)C2O)C(O)C(O)C(O)C1OC1OC(COC(=O)CCCCCCCCCCCCCCCC)C(O)C(O)C1O)OC(=O)CCCCCCCCCCCCCCCCC. The topological polar surface area (TPSA) is 374 Å². The average Bonchev–Trinajstić information content (AvgIpc) is 0.763. The van der Waals surface area contributed by atoms with Gasteiger partial charge in [0.25, 0.3) is 0 Å². The molecule has 3 fully saturated rings. The Labute approximate surface area is 586 Å². The highest BCUT2D eigenvalue weighted by atomic mass is 31.2. The minimum Gasteiger partial charge on any atom is -0.463 e. The van der Waals surface area contributed by atoms with Crippen molar-refractivity contribution in [3.63, 3.8) is 0 Å². The molecule has 576 valence electrons. The monoisotopic (exact) mass is 1430 g/mol. The van der Waals surface area contributed by atoms with E-state index < -0.39 is 156 Å². The molecule has 0 bridgehead atoms. The van der Waals surface area contributed by atoms with E-state index in [0.717, 1.165) is 96.3 Å². The number of rotatable bonds is 60. The number of unbranched alkanes of at least 4 members (excludes halogenated alkanes) is 37. The van der Waals surface area contributed by atoms with Crippen molar-refractivity contribution in [2.45, 2.75) is 407 Å². The Morgan fingerprint density at radius 1 is 0.388 bits per heavy atom. The molecule has 2 saturated heterocycles. The molecule has 1 aliphatic carbocycles. The molecule has 0 spiro atoms. The highest BCUT2D eigenvalue weighted by Gasteiger charge is 2.58. The number of phosphoric ester groups is 1. The van der Waals surface area contributed by atoms with Gasteiger partial charge in [-0.2, -0.15) is 0 Å². The van der Waals surface area contributed by atoms with Gasteiger partial charge < -0.3 is 89.1 Å². The third-order valence-electron chi connectivity index (χ3n) is 19.0. The summed E-state index contributed by atoms with van der Waals surface area (Å²) in [5.74, 6) is -2.00. The number of ether oxygens (including phenoxy) is 7. The Hall–Kier alpha value is -2.30. The highest BCUT2D eigenvalue weighted by molar-refractivity contribution is 7.47. The molecule has 2 aliphatic heterocycles. The van der Waals surface area contributed by atoms with Gasteiger partial charge in [0.1, 0.15) is 98.7 Å². The van der Waals surface area contributed by atoms with Crippen LogP contribution >= 0.6 is 7.82 Å². The summed E-state index contributed by atoms with van der Waals surface area (Å²) in [6.45, 7) is 3.45. The summed E-state index contributed by atoms with van der Waals surface area (Å²) in [5.41, 5.74) is 0. The van der Waals surface area contributed by atoms with Gasteiger partial charge >= 0.3 is 25.7 Å². The maximum atomic E-state index is 14.3. The molecular formula is C73H135O24P. The molecule has 1 saturated carbocycles. The maximum absolute atomic E-state index is 14.3. The van der Waals surface area contributed by atoms with Crippen molar-refractivity contribution in [1.82, 2.24) is 0 Å². The second-order valence-electron chi connectivity index (χ2n) is 27.7. The van der Waals surface area contributed by atoms with Crippen LogP contribution in [0.25, 0.3) is 0 Å². The molecule has 24 nitrogen and oxygen atoms in total. The molecule has 11 N–H and O–H groups in total. The largest absolute Gasteiger partial charge is 0.472 e. The molecule has 2 heterocycles. The van der Waals surface area contributed by atoms with E-state index in [1.54, 1.807) is 0 Å². The fourth-order valence-electron chi connectivity index (χ4n) is 12.8. The third-order valence-corrected chi connectivity index (χ3v) is 20.0. The summed E-state index contributed by atoms with van der Waals surface area (Å²) in [7, 11) is -5.70. The fourth-order valence-corrected chi connectivity index (χ4v) is 13.7. The van der Waals surface area contributed by atoms with Gasteiger partial charge in [-0.3, -0.25) is 23.4 Å². The van der Waals surface area contributed by atoms with Crippen molar-refractivity contribution in [2.75, 3.05) is 26.4 Å². The first kappa shape index (κ1) is 89.9. The number of aliphatic hydroxyl groups excluding tert-OH is 10. The number of carbonyl (C=O) groups excluding carboxylic acids is 3. The molecule has 0 aromatic rings. The zero-order chi connectivity index (χ0) is 71.8. The minimum absolute atomic E-state index is 0.0280. The highest BCUT2D eigenvalue weighted by Crippen LogP contribution is 2.49. The predicted octanol–water partition coefficient (Wildman–Crippen LogP) is 10.7. The molecule has 0 radical (unpaired) electrons. The van der Waals surface area contributed by atoms with E-state index in [-0.39, 0.29) is 19.3 Å². The quantitative estimate of drug-likeness (QED) is 0.00886. The fraction of sp³-hybridized carbons (Fsp3) is 0.932. The Morgan fingerprint density at radius 2 is 0.714 bits per heavy atom. The average molecular weight is 1430 g/mol. The van der Waals surface area contributed by atoms with Crippen molar-refractivity contribution < 1.29 is 117 Å². The van der Waals surface area contributed by atoms with Crippen LogP contribution in [0.2, 0.25) is 0 Å². The lowest BCUT2D eigenvalue weighted by atomic mass is 9.84. The molecule has 0 amide bonds. The van der Waals surface area contributed by atoms with Gasteiger partial charge in [-0.1, -0.05) is 251 Å². The summed E-state index contributed by atoms with van der Waals surface area (Å²) in [6.07, 6.45) is 14.1. The first-order valence-corrected chi connectivity index (χ1v) is 40.0. The minimum atomic E-state index is -5.70. The van der Waals surface area contributed by atoms with E-state index in [1.165, 1.54) is 148 Å². The lowest BCUT2D eigenvalue weighted by Gasteiger charge is -2.49. The van der Waals surface area contributed by atoms with E-state index in [9.17, 15) is 74.9 Å². The maximum Gasteiger partial charge on any atom is 0.472 e. The first-order valence-electron chi connectivity index (χ1n) is 38.5. The third kappa shape index (κ3) is 37.9. The van der Waals surface area contributed by atoms with Crippen molar-refractivity contribution in [1.29, 1.82) is 0 Å². The van der Waals surface area contributed by atoms with Crippen LogP contribution in [0.1, 0.15) is 303 Å². The van der Waals surface area contributed by atoms with Gasteiger partial charge in [0.2, 0.25) is 0 Å². The summed E-state index contributed by atoms with van der Waals surface area (Å²) in [5, 5.41) is 110. The number of esters is 3. The van der Waals surface area contributed by atoms with Gasteiger partial charge in [0.15, 0.2) is 18.7 Å². The normalized spacial score (nSPS) is 27.7. The van der Waals surface area contributed by atoms with E-state index in [4.69, 9.17) is 42.2 Å². The lowest BCUT2D eigenvalue weighted by Crippen LogP contribution is -2.69. The molecule has 18 unspecified atom stereocenters. The van der Waals surface area contributed by atoms with Crippen LogP contribution in [0.15, 0.2) is 12.2 Å². The van der Waals surface area contributed by atoms with Crippen LogP contribution in [0.3, 0.4) is 0 Å². The Kier molecular flexibility index (Phi) is 50.7. The number of aliphatic hydroxyl groups is 10. The Morgan fingerprint density at radius 3 is 1.11 bits per heavy atom. The molecule has 18 atom stereocenters. The zero-order valence-corrected chi connectivity index (χ0v) is 61.0. The predicted molar refractivity (Wildman–Crippen MR) is 370 cm³/mol. The first-order chi connectivity index (χ1) is 47.3. The van der Waals surface area contributed by atoms with Crippen molar-refractivity contribution >= 4 is 25.7 Å². The number of carbonyl (C=O) groups is 3. The smallest absolute Gasteiger partial charge is 0.463 e. The van der Waals surface area contributed by atoms with E-state index in [0.29, 0.717) is 19.3 Å². The van der Waals surface area contributed by atoms with Crippen LogP contribution in [-0.4, -0.2) is 204 Å². The van der Waals surface area contributed by atoms with Crippen LogP contribution in [0.5, 0.6) is 0 Å². The molecule has 3 aliphatic rings. The lowest BCUT2D eigenvalue weighted by molar-refractivity contribution is -0.360. The summed E-state index contributed by atoms with van der Waals surface area (Å²) < 4.78 is 65.0. The molecule has 0 aromatic heterocycles. The molecule has 3 rings (SSSR count). The van der Waals surface area contributed by atoms with Crippen LogP contribution < -0.4 is 0 Å². The van der Waals surface area contributed by atoms with E-state index in [2.05, 4.69) is 32.9 Å². The van der Waals surface area contributed by atoms with Crippen molar-refractivity contribution in [3.8, 4) is 0 Å². The van der Waals surface area contributed by atoms with Gasteiger partial charge in [0.05, 0.1) is 13.2 Å². The molecule has 25 heteroatoms. The van der Waals surface area contributed by atoms with Gasteiger partial charge in [0, 0.05) is 19.3 Å². The van der Waals surface area contributed by atoms with Crippen molar-refractivity contribution in [2.24, 2.45) is 0 Å². The van der Waals surface area contributed by atoms with Gasteiger partial charge in [-0.25, -0.2) is 4.57 Å². The number of phosphoric acid groups is 1. The Bertz CT molecular complexity index is 2080. The number of allylic oxidation sites excluding steroid dienone is 2. The molecule has 0 aromatic carbocycles. The number of hydrogen-bond acceptors (Lipinski definition) is 23. The van der Waals surface area contributed by atoms with E-state index >= 15 is 0 Å².